The lowest BCUT2D eigenvalue weighted by atomic mass is 10.1. The highest BCUT2D eigenvalue weighted by Crippen LogP contribution is 2.22. The number of phenols is 1. The third-order valence-corrected chi connectivity index (χ3v) is 3.22. The minimum atomic E-state index is -0.183. The molecule has 1 aromatic heterocycles. The Hall–Kier alpha value is -3.06. The minimum absolute atomic E-state index is 0.113. The first kappa shape index (κ1) is 12.9. The fraction of sp³-hybridized carbons (Fsp3) is 0.0588. The van der Waals surface area contributed by atoms with E-state index in [9.17, 15) is 9.90 Å². The second-order valence-electron chi connectivity index (χ2n) is 4.60. The third kappa shape index (κ3) is 2.26. The van der Waals surface area contributed by atoms with Gasteiger partial charge in [0.05, 0.1) is 17.4 Å². The van der Waals surface area contributed by atoms with Crippen molar-refractivity contribution in [3.8, 4) is 29.5 Å². The van der Waals surface area contributed by atoms with E-state index in [-0.39, 0.29) is 17.9 Å². The molecule has 4 nitrogen and oxygen atoms in total. The van der Waals surface area contributed by atoms with Crippen LogP contribution in [0.15, 0.2) is 53.3 Å². The number of para-hydroxylation sites is 1. The van der Waals surface area contributed by atoms with Crippen LogP contribution in [0.3, 0.4) is 0 Å². The molecule has 0 amide bonds. The zero-order valence-corrected chi connectivity index (χ0v) is 11.2. The molecule has 0 aliphatic heterocycles. The summed E-state index contributed by atoms with van der Waals surface area (Å²) in [6.45, 7) is 0.127. The van der Waals surface area contributed by atoms with Crippen LogP contribution in [0, 0.1) is 12.3 Å². The van der Waals surface area contributed by atoms with Gasteiger partial charge in [0.1, 0.15) is 11.6 Å². The number of hydrogen-bond acceptors (Lipinski definition) is 3. The predicted molar refractivity (Wildman–Crippen MR) is 81.9 cm³/mol. The van der Waals surface area contributed by atoms with Crippen LogP contribution in [-0.4, -0.2) is 14.7 Å². The van der Waals surface area contributed by atoms with E-state index < -0.39 is 0 Å². The Kier molecular flexibility index (Phi) is 3.17. The average molecular weight is 276 g/mol. The summed E-state index contributed by atoms with van der Waals surface area (Å²) in [5.74, 6) is 3.04. The van der Waals surface area contributed by atoms with Crippen LogP contribution < -0.4 is 5.56 Å². The van der Waals surface area contributed by atoms with Crippen LogP contribution >= 0.6 is 0 Å². The summed E-state index contributed by atoms with van der Waals surface area (Å²) >= 11 is 0. The summed E-state index contributed by atoms with van der Waals surface area (Å²) in [6, 6.07) is 13.7. The van der Waals surface area contributed by atoms with Gasteiger partial charge in [-0.2, -0.15) is 0 Å². The Bertz CT molecular complexity index is 920. The Morgan fingerprint density at radius 1 is 1.19 bits per heavy atom. The van der Waals surface area contributed by atoms with E-state index >= 15 is 0 Å². The first-order valence-corrected chi connectivity index (χ1v) is 6.43. The molecule has 0 aliphatic carbocycles. The van der Waals surface area contributed by atoms with Crippen LogP contribution in [0.25, 0.3) is 22.3 Å². The highest BCUT2D eigenvalue weighted by atomic mass is 16.3. The Balaban J connectivity index is 2.38. The number of nitrogens with zero attached hydrogens (tertiary/aromatic N) is 2. The topological polar surface area (TPSA) is 55.1 Å². The van der Waals surface area contributed by atoms with Crippen molar-refractivity contribution in [1.29, 1.82) is 0 Å². The van der Waals surface area contributed by atoms with E-state index in [1.807, 2.05) is 6.07 Å². The van der Waals surface area contributed by atoms with E-state index in [4.69, 9.17) is 6.42 Å². The predicted octanol–water partition coefficient (Wildman–Crippen LogP) is 2.40. The third-order valence-electron chi connectivity index (χ3n) is 3.22. The van der Waals surface area contributed by atoms with Gasteiger partial charge in [-0.3, -0.25) is 9.36 Å². The van der Waals surface area contributed by atoms with Crippen molar-refractivity contribution in [3.63, 3.8) is 0 Å². The van der Waals surface area contributed by atoms with Crippen molar-refractivity contribution >= 4 is 10.9 Å². The highest BCUT2D eigenvalue weighted by Gasteiger charge is 2.12. The van der Waals surface area contributed by atoms with Crippen LogP contribution in [0.2, 0.25) is 0 Å². The molecule has 0 saturated heterocycles. The van der Waals surface area contributed by atoms with Gasteiger partial charge in [0.15, 0.2) is 0 Å². The molecule has 0 radical (unpaired) electrons. The first-order chi connectivity index (χ1) is 10.2. The fourth-order valence-electron chi connectivity index (χ4n) is 2.27. The maximum atomic E-state index is 12.6. The molecule has 0 unspecified atom stereocenters. The molecular weight excluding hydrogens is 264 g/mol. The van der Waals surface area contributed by atoms with Crippen molar-refractivity contribution in [2.24, 2.45) is 0 Å². The lowest BCUT2D eigenvalue weighted by Gasteiger charge is -2.11. The van der Waals surface area contributed by atoms with Gasteiger partial charge >= 0.3 is 0 Å². The van der Waals surface area contributed by atoms with Crippen molar-refractivity contribution in [2.75, 3.05) is 0 Å². The maximum Gasteiger partial charge on any atom is 0.262 e. The molecule has 3 rings (SSSR count). The average Bonchev–Trinajstić information content (AvgIpc) is 2.50. The second-order valence-corrected chi connectivity index (χ2v) is 4.60. The zero-order chi connectivity index (χ0) is 14.8. The van der Waals surface area contributed by atoms with E-state index in [1.54, 1.807) is 42.5 Å². The first-order valence-electron chi connectivity index (χ1n) is 6.43. The standard InChI is InChI=1S/C17H12N2O2/c1-2-10-19-16(12-6-5-7-13(20)11-12)18-15-9-4-3-8-14(15)17(19)21/h1,3-9,11,20H,10H2. The molecule has 102 valence electrons. The molecule has 4 heteroatoms. The molecule has 0 atom stereocenters. The van der Waals surface area contributed by atoms with Gasteiger partial charge in [0.25, 0.3) is 5.56 Å². The lowest BCUT2D eigenvalue weighted by Crippen LogP contribution is -2.23. The van der Waals surface area contributed by atoms with Crippen LogP contribution in [-0.2, 0) is 6.54 Å². The van der Waals surface area contributed by atoms with E-state index in [0.29, 0.717) is 22.3 Å². The molecule has 1 heterocycles. The van der Waals surface area contributed by atoms with Gasteiger partial charge in [-0.05, 0) is 24.3 Å². The summed E-state index contributed by atoms with van der Waals surface area (Å²) in [6.07, 6.45) is 5.36. The molecule has 0 aliphatic rings. The maximum absolute atomic E-state index is 12.6. The van der Waals surface area contributed by atoms with E-state index in [1.165, 1.54) is 4.57 Å². The zero-order valence-electron chi connectivity index (χ0n) is 11.2. The molecule has 0 fully saturated rings. The quantitative estimate of drug-likeness (QED) is 0.731. The van der Waals surface area contributed by atoms with Crippen molar-refractivity contribution in [2.45, 2.75) is 6.54 Å². The van der Waals surface area contributed by atoms with Crippen LogP contribution in [0.1, 0.15) is 0 Å². The summed E-state index contributed by atoms with van der Waals surface area (Å²) in [7, 11) is 0. The SMILES string of the molecule is C#CCn1c(-c2cccc(O)c2)nc2ccccc2c1=O. The Labute approximate surface area is 121 Å². The normalized spacial score (nSPS) is 10.4. The van der Waals surface area contributed by atoms with Crippen LogP contribution in [0.4, 0.5) is 0 Å². The van der Waals surface area contributed by atoms with Crippen molar-refractivity contribution in [1.82, 2.24) is 9.55 Å². The Morgan fingerprint density at radius 2 is 2.00 bits per heavy atom. The van der Waals surface area contributed by atoms with Crippen molar-refractivity contribution in [3.05, 3.63) is 58.9 Å². The largest absolute Gasteiger partial charge is 0.508 e. The van der Waals surface area contributed by atoms with E-state index in [2.05, 4.69) is 10.9 Å². The number of rotatable bonds is 2. The minimum Gasteiger partial charge on any atom is -0.508 e. The summed E-state index contributed by atoms with van der Waals surface area (Å²) in [5, 5.41) is 10.1. The molecule has 0 spiro atoms. The summed E-state index contributed by atoms with van der Waals surface area (Å²) in [4.78, 5) is 17.1. The molecule has 3 aromatic rings. The monoisotopic (exact) mass is 276 g/mol. The smallest absolute Gasteiger partial charge is 0.262 e. The second kappa shape index (κ2) is 5.14. The number of terminal acetylenes is 1. The number of phenolic OH excluding ortho intramolecular Hbond substituents is 1. The molecule has 21 heavy (non-hydrogen) atoms. The number of hydrogen-bond donors (Lipinski definition) is 1. The Morgan fingerprint density at radius 3 is 2.76 bits per heavy atom. The molecular formula is C17H12N2O2. The van der Waals surface area contributed by atoms with Gasteiger partial charge in [0, 0.05) is 5.56 Å². The molecule has 1 N–H and O–H groups in total. The number of fused-ring (bicyclic) bond motifs is 1. The highest BCUT2D eigenvalue weighted by molar-refractivity contribution is 5.79. The van der Waals surface area contributed by atoms with Gasteiger partial charge < -0.3 is 5.11 Å². The number of aromatic hydroxyl groups is 1. The van der Waals surface area contributed by atoms with Gasteiger partial charge in [-0.15, -0.1) is 6.42 Å². The van der Waals surface area contributed by atoms with Crippen LogP contribution in [0.5, 0.6) is 5.75 Å². The molecule has 2 aromatic carbocycles. The summed E-state index contributed by atoms with van der Waals surface area (Å²) < 4.78 is 1.44. The van der Waals surface area contributed by atoms with Gasteiger partial charge in [-0.1, -0.05) is 30.2 Å². The van der Waals surface area contributed by atoms with E-state index in [0.717, 1.165) is 0 Å². The van der Waals surface area contributed by atoms with Gasteiger partial charge in [0.2, 0.25) is 0 Å². The summed E-state index contributed by atoms with van der Waals surface area (Å²) in [5.41, 5.74) is 1.07. The van der Waals surface area contributed by atoms with Gasteiger partial charge in [-0.25, -0.2) is 4.98 Å². The molecule has 0 saturated carbocycles. The fourth-order valence-corrected chi connectivity index (χ4v) is 2.27. The van der Waals surface area contributed by atoms with Crippen molar-refractivity contribution < 1.29 is 5.11 Å². The molecule has 0 bridgehead atoms. The number of benzene rings is 2. The number of aromatic nitrogens is 2. The lowest BCUT2D eigenvalue weighted by molar-refractivity contribution is 0.475.